The van der Waals surface area contributed by atoms with Gasteiger partial charge < -0.3 is 10.1 Å². The Morgan fingerprint density at radius 2 is 1.88 bits per heavy atom. The lowest BCUT2D eigenvalue weighted by Crippen LogP contribution is -2.27. The summed E-state index contributed by atoms with van der Waals surface area (Å²) in [5, 5.41) is 11.5. The number of hydrogen-bond acceptors (Lipinski definition) is 4. The predicted octanol–water partition coefficient (Wildman–Crippen LogP) is 4.69. The van der Waals surface area contributed by atoms with Crippen molar-refractivity contribution in [3.63, 3.8) is 0 Å². The molecule has 0 spiro atoms. The summed E-state index contributed by atoms with van der Waals surface area (Å²) in [6.45, 7) is 1.72. The fourth-order valence-electron chi connectivity index (χ4n) is 2.21. The van der Waals surface area contributed by atoms with Gasteiger partial charge in [-0.15, -0.1) is 24.9 Å². The van der Waals surface area contributed by atoms with Crippen LogP contribution in [0.15, 0.2) is 53.4 Å². The van der Waals surface area contributed by atoms with Crippen molar-refractivity contribution in [1.82, 2.24) is 5.32 Å². The largest absolute Gasteiger partial charge is 0.573 e. The van der Waals surface area contributed by atoms with E-state index >= 15 is 0 Å². The van der Waals surface area contributed by atoms with Crippen molar-refractivity contribution in [1.29, 1.82) is 5.26 Å². The van der Waals surface area contributed by atoms with E-state index in [-0.39, 0.29) is 17.4 Å². The molecule has 0 radical (unpaired) electrons. The molecule has 0 aliphatic heterocycles. The van der Waals surface area contributed by atoms with Crippen molar-refractivity contribution in [2.24, 2.45) is 0 Å². The van der Waals surface area contributed by atoms with Gasteiger partial charge in [0.15, 0.2) is 0 Å². The first-order valence-electron chi connectivity index (χ1n) is 7.55. The van der Waals surface area contributed by atoms with Gasteiger partial charge in [0.2, 0.25) is 0 Å². The van der Waals surface area contributed by atoms with Gasteiger partial charge in [0.25, 0.3) is 5.91 Å². The minimum Gasteiger partial charge on any atom is -0.406 e. The quantitative estimate of drug-likeness (QED) is 0.739. The average Bonchev–Trinajstić information content (AvgIpc) is 2.59. The van der Waals surface area contributed by atoms with Crippen LogP contribution in [0.1, 0.15) is 28.9 Å². The van der Waals surface area contributed by atoms with E-state index in [2.05, 4.69) is 10.1 Å². The molecular weight excluding hydrogens is 365 g/mol. The van der Waals surface area contributed by atoms with Gasteiger partial charge in [0.1, 0.15) is 5.75 Å². The third-order valence-electron chi connectivity index (χ3n) is 3.39. The first kappa shape index (κ1) is 19.7. The highest BCUT2D eigenvalue weighted by molar-refractivity contribution is 7.99. The molecule has 0 fully saturated rings. The summed E-state index contributed by atoms with van der Waals surface area (Å²) in [6, 6.07) is 13.8. The van der Waals surface area contributed by atoms with E-state index in [9.17, 15) is 18.0 Å². The lowest BCUT2D eigenvalue weighted by molar-refractivity contribution is -0.274. The maximum atomic E-state index is 12.5. The van der Waals surface area contributed by atoms with E-state index in [0.717, 1.165) is 0 Å². The molecule has 0 bridgehead atoms. The van der Waals surface area contributed by atoms with Crippen molar-refractivity contribution in [3.05, 3.63) is 59.7 Å². The van der Waals surface area contributed by atoms with Crippen molar-refractivity contribution in [2.45, 2.75) is 24.2 Å². The van der Waals surface area contributed by atoms with Crippen molar-refractivity contribution >= 4 is 17.7 Å². The Bertz CT molecular complexity index is 801. The highest BCUT2D eigenvalue weighted by Crippen LogP contribution is 2.25. The maximum Gasteiger partial charge on any atom is 0.573 e. The standard InChI is InChI=1S/C18H15F3N2O2S/c1-12(13-6-8-14(9-7-13)25-18(19,20)21)23-17(24)15-4-2-3-5-16(15)26-11-10-22/h2-9,12H,11H2,1H3,(H,23,24)/t12-/m0/s1. The molecule has 0 saturated carbocycles. The number of rotatable bonds is 6. The Labute approximate surface area is 153 Å². The third kappa shape index (κ3) is 5.70. The molecule has 1 amide bonds. The summed E-state index contributed by atoms with van der Waals surface area (Å²) in [4.78, 5) is 13.2. The number of halogens is 3. The monoisotopic (exact) mass is 380 g/mol. The summed E-state index contributed by atoms with van der Waals surface area (Å²) in [5.74, 6) is -0.423. The van der Waals surface area contributed by atoms with E-state index < -0.39 is 12.4 Å². The highest BCUT2D eigenvalue weighted by atomic mass is 32.2. The van der Waals surface area contributed by atoms with Crippen LogP contribution in [0.25, 0.3) is 0 Å². The Balaban J connectivity index is 2.07. The first-order chi connectivity index (χ1) is 12.3. The van der Waals surface area contributed by atoms with Gasteiger partial charge in [-0.2, -0.15) is 5.26 Å². The fraction of sp³-hybridized carbons (Fsp3) is 0.222. The number of thioether (sulfide) groups is 1. The van der Waals surface area contributed by atoms with E-state index in [1.807, 2.05) is 6.07 Å². The van der Waals surface area contributed by atoms with E-state index in [4.69, 9.17) is 5.26 Å². The van der Waals surface area contributed by atoms with Gasteiger partial charge in [-0.1, -0.05) is 24.3 Å². The molecule has 1 atom stereocenters. The predicted molar refractivity (Wildman–Crippen MR) is 91.8 cm³/mol. The Hall–Kier alpha value is -2.66. The van der Waals surface area contributed by atoms with Crippen molar-refractivity contribution in [2.75, 3.05) is 5.75 Å². The minimum absolute atomic E-state index is 0.223. The second kappa shape index (κ2) is 8.63. The van der Waals surface area contributed by atoms with Gasteiger partial charge >= 0.3 is 6.36 Å². The van der Waals surface area contributed by atoms with Crippen LogP contribution in [0, 0.1) is 11.3 Å². The van der Waals surface area contributed by atoms with Gasteiger partial charge in [0.05, 0.1) is 23.4 Å². The zero-order valence-electron chi connectivity index (χ0n) is 13.7. The zero-order chi connectivity index (χ0) is 19.2. The van der Waals surface area contributed by atoms with Crippen LogP contribution in [0.5, 0.6) is 5.75 Å². The van der Waals surface area contributed by atoms with Crippen molar-refractivity contribution < 1.29 is 22.7 Å². The van der Waals surface area contributed by atoms with Crippen LogP contribution < -0.4 is 10.1 Å². The SMILES string of the molecule is C[C@H](NC(=O)c1ccccc1SCC#N)c1ccc(OC(F)(F)F)cc1. The van der Waals surface area contributed by atoms with Gasteiger partial charge in [-0.3, -0.25) is 4.79 Å². The number of amides is 1. The first-order valence-corrected chi connectivity index (χ1v) is 8.54. The zero-order valence-corrected chi connectivity index (χ0v) is 14.5. The third-order valence-corrected chi connectivity index (χ3v) is 4.33. The van der Waals surface area contributed by atoms with Crippen LogP contribution >= 0.6 is 11.8 Å². The highest BCUT2D eigenvalue weighted by Gasteiger charge is 2.31. The average molecular weight is 380 g/mol. The number of hydrogen-bond donors (Lipinski definition) is 1. The molecule has 26 heavy (non-hydrogen) atoms. The second-order valence-corrected chi connectivity index (χ2v) is 6.27. The number of ether oxygens (including phenoxy) is 1. The van der Waals surface area contributed by atoms with Gasteiger partial charge in [0, 0.05) is 4.90 Å². The Morgan fingerprint density at radius 3 is 2.50 bits per heavy atom. The second-order valence-electron chi connectivity index (χ2n) is 5.25. The molecule has 8 heteroatoms. The minimum atomic E-state index is -4.74. The molecule has 0 unspecified atom stereocenters. The van der Waals surface area contributed by atoms with Gasteiger partial charge in [-0.25, -0.2) is 0 Å². The summed E-state index contributed by atoms with van der Waals surface area (Å²) < 4.78 is 40.4. The maximum absolute atomic E-state index is 12.5. The molecule has 0 heterocycles. The molecule has 1 N–H and O–H groups in total. The van der Waals surface area contributed by atoms with E-state index in [1.54, 1.807) is 31.2 Å². The molecule has 4 nitrogen and oxygen atoms in total. The Morgan fingerprint density at radius 1 is 1.23 bits per heavy atom. The lowest BCUT2D eigenvalue weighted by Gasteiger charge is -2.16. The van der Waals surface area contributed by atoms with E-state index in [0.29, 0.717) is 16.0 Å². The molecule has 0 saturated heterocycles. The molecule has 0 aliphatic rings. The topological polar surface area (TPSA) is 62.1 Å². The number of benzene rings is 2. The summed E-state index contributed by atoms with van der Waals surface area (Å²) >= 11 is 1.26. The molecule has 0 aromatic heterocycles. The smallest absolute Gasteiger partial charge is 0.406 e. The number of carbonyl (C=O) groups excluding carboxylic acids is 1. The number of carbonyl (C=O) groups is 1. The summed E-state index contributed by atoms with van der Waals surface area (Å²) in [7, 11) is 0. The molecule has 0 aliphatic carbocycles. The molecule has 2 aromatic carbocycles. The molecule has 2 aromatic rings. The van der Waals surface area contributed by atoms with Crippen molar-refractivity contribution in [3.8, 4) is 11.8 Å². The van der Waals surface area contributed by atoms with Crippen LogP contribution in [0.3, 0.4) is 0 Å². The normalized spacial score (nSPS) is 12.1. The van der Waals surface area contributed by atoms with Crippen LogP contribution in [-0.4, -0.2) is 18.0 Å². The number of nitriles is 1. The van der Waals surface area contributed by atoms with Gasteiger partial charge in [-0.05, 0) is 36.8 Å². The van der Waals surface area contributed by atoms with Crippen LogP contribution in [-0.2, 0) is 0 Å². The lowest BCUT2D eigenvalue weighted by atomic mass is 10.1. The molecule has 2 rings (SSSR count). The summed E-state index contributed by atoms with van der Waals surface area (Å²) in [6.07, 6.45) is -4.74. The van der Waals surface area contributed by atoms with Crippen LogP contribution in [0.4, 0.5) is 13.2 Å². The van der Waals surface area contributed by atoms with E-state index in [1.165, 1.54) is 36.0 Å². The Kier molecular flexibility index (Phi) is 6.52. The number of alkyl halides is 3. The molecular formula is C18H15F3N2O2S. The molecule has 136 valence electrons. The number of nitrogens with one attached hydrogen (secondary N) is 1. The fourth-order valence-corrected chi connectivity index (χ4v) is 2.92. The number of nitrogens with zero attached hydrogens (tertiary/aromatic N) is 1. The van der Waals surface area contributed by atoms with Crippen LogP contribution in [0.2, 0.25) is 0 Å². The summed E-state index contributed by atoms with van der Waals surface area (Å²) in [5.41, 5.74) is 1.08.